The lowest BCUT2D eigenvalue weighted by molar-refractivity contribution is -0.133. The molecule has 0 N–H and O–H groups in total. The summed E-state index contributed by atoms with van der Waals surface area (Å²) in [7, 11) is 0. The summed E-state index contributed by atoms with van der Waals surface area (Å²) in [4.78, 5) is 19.1. The number of imidazole rings is 1. The van der Waals surface area contributed by atoms with Crippen molar-refractivity contribution in [1.29, 1.82) is 0 Å². The minimum Gasteiger partial charge on any atom is -0.337 e. The van der Waals surface area contributed by atoms with Crippen molar-refractivity contribution >= 4 is 17.7 Å². The summed E-state index contributed by atoms with van der Waals surface area (Å²) in [5.41, 5.74) is 1.19. The highest BCUT2D eigenvalue weighted by atomic mass is 32.2. The van der Waals surface area contributed by atoms with E-state index in [1.165, 1.54) is 5.56 Å². The fourth-order valence-corrected chi connectivity index (χ4v) is 3.99. The number of hydrogen-bond acceptors (Lipinski definition) is 3. The predicted molar refractivity (Wildman–Crippen MR) is 88.6 cm³/mol. The van der Waals surface area contributed by atoms with Crippen LogP contribution in [0, 0.1) is 0 Å². The minimum absolute atomic E-state index is 0.00911. The van der Waals surface area contributed by atoms with E-state index in [0.29, 0.717) is 6.54 Å². The van der Waals surface area contributed by atoms with Crippen LogP contribution in [-0.2, 0) is 17.9 Å². The second-order valence-corrected chi connectivity index (χ2v) is 6.66. The third-order valence-corrected chi connectivity index (χ3v) is 5.24. The third-order valence-electron chi connectivity index (χ3n) is 3.96. The Morgan fingerprint density at radius 3 is 2.91 bits per heavy atom. The largest absolute Gasteiger partial charge is 0.337 e. The Bertz CT molecular complexity index is 626. The van der Waals surface area contributed by atoms with Gasteiger partial charge >= 0.3 is 0 Å². The molecule has 3 rings (SSSR count). The monoisotopic (exact) mass is 315 g/mol. The average Bonchev–Trinajstić information content (AvgIpc) is 2.99. The molecular formula is C17H21N3OS. The van der Waals surface area contributed by atoms with Gasteiger partial charge in [-0.1, -0.05) is 42.1 Å². The smallest absolute Gasteiger partial charge is 0.236 e. The van der Waals surface area contributed by atoms with E-state index in [1.54, 1.807) is 18.0 Å². The highest BCUT2D eigenvalue weighted by Crippen LogP contribution is 2.30. The van der Waals surface area contributed by atoms with Gasteiger partial charge in [-0.2, -0.15) is 0 Å². The number of piperidine rings is 1. The first-order valence-corrected chi connectivity index (χ1v) is 8.66. The van der Waals surface area contributed by atoms with E-state index in [0.717, 1.165) is 31.1 Å². The lowest BCUT2D eigenvalue weighted by Crippen LogP contribution is -2.42. The van der Waals surface area contributed by atoms with Crippen LogP contribution in [0.3, 0.4) is 0 Å². The number of thioether (sulfide) groups is 1. The van der Waals surface area contributed by atoms with Gasteiger partial charge in [0.25, 0.3) is 0 Å². The first kappa shape index (κ1) is 15.2. The molecule has 116 valence electrons. The van der Waals surface area contributed by atoms with Crippen molar-refractivity contribution in [3.05, 3.63) is 48.3 Å². The second-order valence-electron chi connectivity index (χ2n) is 5.49. The summed E-state index contributed by atoms with van der Waals surface area (Å²) < 4.78 is 2.09. The minimum atomic E-state index is -0.00911. The van der Waals surface area contributed by atoms with E-state index in [1.807, 2.05) is 29.3 Å². The lowest BCUT2D eigenvalue weighted by Gasteiger charge is -2.31. The standard InChI is InChI=1S/C17H21N3OS/c1-2-19-12-10-18-17(19)22-15-9-6-11-20(16(15)21)13-14-7-4-3-5-8-14/h3-5,7-8,10,12,15H,2,6,9,11,13H2,1H3/t15-/m0/s1. The Balaban J connectivity index is 1.67. The van der Waals surface area contributed by atoms with Gasteiger partial charge in [0.15, 0.2) is 5.16 Å². The highest BCUT2D eigenvalue weighted by Gasteiger charge is 2.30. The molecule has 0 unspecified atom stereocenters. The second kappa shape index (κ2) is 7.01. The van der Waals surface area contributed by atoms with Crippen LogP contribution >= 0.6 is 11.8 Å². The van der Waals surface area contributed by atoms with Gasteiger partial charge in [-0.25, -0.2) is 4.98 Å². The zero-order chi connectivity index (χ0) is 15.4. The predicted octanol–water partition coefficient (Wildman–Crippen LogP) is 3.19. The van der Waals surface area contributed by atoms with Crippen LogP contribution in [-0.4, -0.2) is 32.2 Å². The van der Waals surface area contributed by atoms with Crippen molar-refractivity contribution in [2.75, 3.05) is 6.54 Å². The van der Waals surface area contributed by atoms with E-state index in [2.05, 4.69) is 28.6 Å². The molecule has 0 saturated carbocycles. The Morgan fingerprint density at radius 2 is 2.14 bits per heavy atom. The van der Waals surface area contributed by atoms with Crippen LogP contribution in [0.4, 0.5) is 0 Å². The number of aryl methyl sites for hydroxylation is 1. The maximum Gasteiger partial charge on any atom is 0.236 e. The first-order chi connectivity index (χ1) is 10.8. The maximum atomic E-state index is 12.7. The van der Waals surface area contributed by atoms with E-state index in [4.69, 9.17) is 0 Å². The molecule has 1 amide bonds. The lowest BCUT2D eigenvalue weighted by atomic mass is 10.1. The maximum absolute atomic E-state index is 12.7. The molecule has 0 spiro atoms. The quantitative estimate of drug-likeness (QED) is 0.850. The number of carbonyl (C=O) groups excluding carboxylic acids is 1. The van der Waals surface area contributed by atoms with Crippen LogP contribution in [0.5, 0.6) is 0 Å². The number of benzene rings is 1. The van der Waals surface area contributed by atoms with Gasteiger partial charge in [-0.05, 0) is 25.3 Å². The topological polar surface area (TPSA) is 38.1 Å². The molecule has 2 heterocycles. The van der Waals surface area contributed by atoms with Crippen LogP contribution in [0.25, 0.3) is 0 Å². The summed E-state index contributed by atoms with van der Waals surface area (Å²) in [5.74, 6) is 0.241. The molecule has 1 saturated heterocycles. The van der Waals surface area contributed by atoms with Gasteiger partial charge in [-0.15, -0.1) is 0 Å². The molecule has 2 aromatic rings. The van der Waals surface area contributed by atoms with Gasteiger partial charge in [0.05, 0.1) is 5.25 Å². The molecule has 22 heavy (non-hydrogen) atoms. The van der Waals surface area contributed by atoms with Crippen molar-refractivity contribution in [1.82, 2.24) is 14.5 Å². The van der Waals surface area contributed by atoms with Crippen LogP contribution in [0.2, 0.25) is 0 Å². The van der Waals surface area contributed by atoms with Crippen molar-refractivity contribution in [3.63, 3.8) is 0 Å². The van der Waals surface area contributed by atoms with E-state index in [9.17, 15) is 4.79 Å². The molecule has 0 radical (unpaired) electrons. The zero-order valence-electron chi connectivity index (χ0n) is 12.8. The Hall–Kier alpha value is -1.75. The molecule has 5 heteroatoms. The van der Waals surface area contributed by atoms with Gasteiger partial charge in [0, 0.05) is 32.0 Å². The Morgan fingerprint density at radius 1 is 1.32 bits per heavy atom. The molecule has 4 nitrogen and oxygen atoms in total. The third kappa shape index (κ3) is 3.35. The summed E-state index contributed by atoms with van der Waals surface area (Å²) >= 11 is 1.61. The number of nitrogens with zero attached hydrogens (tertiary/aromatic N) is 3. The van der Waals surface area contributed by atoms with Crippen molar-refractivity contribution < 1.29 is 4.79 Å². The fraction of sp³-hybridized carbons (Fsp3) is 0.412. The van der Waals surface area contributed by atoms with E-state index in [-0.39, 0.29) is 11.2 Å². The van der Waals surface area contributed by atoms with Gasteiger partial charge in [0.2, 0.25) is 5.91 Å². The van der Waals surface area contributed by atoms with Crippen molar-refractivity contribution in [2.24, 2.45) is 0 Å². The summed E-state index contributed by atoms with van der Waals surface area (Å²) in [5, 5.41) is 0.938. The Labute approximate surface area is 135 Å². The number of aromatic nitrogens is 2. The molecule has 1 atom stereocenters. The molecule has 1 aromatic carbocycles. The van der Waals surface area contributed by atoms with Gasteiger partial charge < -0.3 is 9.47 Å². The Kier molecular flexibility index (Phi) is 4.83. The van der Waals surface area contributed by atoms with Crippen LogP contribution in [0.1, 0.15) is 25.3 Å². The molecule has 1 aromatic heterocycles. The van der Waals surface area contributed by atoms with Crippen LogP contribution in [0.15, 0.2) is 47.9 Å². The summed E-state index contributed by atoms with van der Waals surface area (Å²) in [6, 6.07) is 10.2. The average molecular weight is 315 g/mol. The molecule has 1 fully saturated rings. The number of carbonyl (C=O) groups is 1. The number of amides is 1. The fourth-order valence-electron chi connectivity index (χ4n) is 2.76. The SMILES string of the molecule is CCn1ccnc1S[C@H]1CCCN(Cc2ccccc2)C1=O. The number of likely N-dealkylation sites (tertiary alicyclic amines) is 1. The molecule has 1 aliphatic heterocycles. The number of rotatable bonds is 5. The number of hydrogen-bond donors (Lipinski definition) is 0. The van der Waals surface area contributed by atoms with E-state index < -0.39 is 0 Å². The first-order valence-electron chi connectivity index (χ1n) is 7.78. The van der Waals surface area contributed by atoms with Crippen LogP contribution < -0.4 is 0 Å². The summed E-state index contributed by atoms with van der Waals surface area (Å²) in [6.07, 6.45) is 5.77. The van der Waals surface area contributed by atoms with Gasteiger partial charge in [0.1, 0.15) is 0 Å². The highest BCUT2D eigenvalue weighted by molar-refractivity contribution is 8.00. The summed E-state index contributed by atoms with van der Waals surface area (Å²) in [6.45, 7) is 4.54. The molecular weight excluding hydrogens is 294 g/mol. The normalized spacial score (nSPS) is 18.7. The zero-order valence-corrected chi connectivity index (χ0v) is 13.6. The van der Waals surface area contributed by atoms with Crippen molar-refractivity contribution in [3.8, 4) is 0 Å². The molecule has 0 bridgehead atoms. The van der Waals surface area contributed by atoms with Crippen molar-refractivity contribution in [2.45, 2.75) is 43.3 Å². The molecule has 0 aliphatic carbocycles. The van der Waals surface area contributed by atoms with Gasteiger partial charge in [-0.3, -0.25) is 4.79 Å². The van der Waals surface area contributed by atoms with E-state index >= 15 is 0 Å². The molecule has 1 aliphatic rings.